The van der Waals surface area contributed by atoms with Gasteiger partial charge in [0.1, 0.15) is 22.5 Å². The van der Waals surface area contributed by atoms with E-state index >= 15 is 0 Å². The molecule has 1 atom stereocenters. The molecule has 7 nitrogen and oxygen atoms in total. The summed E-state index contributed by atoms with van der Waals surface area (Å²) in [7, 11) is 1.57. The van der Waals surface area contributed by atoms with Crippen LogP contribution in [0.3, 0.4) is 0 Å². The second-order valence-electron chi connectivity index (χ2n) is 7.83. The number of hydrogen-bond acceptors (Lipinski definition) is 5. The van der Waals surface area contributed by atoms with Crippen LogP contribution in [0.5, 0.6) is 5.75 Å². The van der Waals surface area contributed by atoms with Crippen molar-refractivity contribution in [3.05, 3.63) is 63.7 Å². The highest BCUT2D eigenvalue weighted by Crippen LogP contribution is 2.32. The van der Waals surface area contributed by atoms with E-state index in [0.717, 1.165) is 23.1 Å². The Labute approximate surface area is 189 Å². The van der Waals surface area contributed by atoms with Gasteiger partial charge in [0.25, 0.3) is 5.56 Å². The van der Waals surface area contributed by atoms with Crippen LogP contribution >= 0.6 is 11.6 Å². The average molecular weight is 448 g/mol. The lowest BCUT2D eigenvalue weighted by Crippen LogP contribution is -2.26. The van der Waals surface area contributed by atoms with Crippen molar-refractivity contribution in [1.82, 2.24) is 24.1 Å². The molecule has 0 spiro atoms. The molecule has 0 saturated carbocycles. The Balaban J connectivity index is 1.99. The zero-order chi connectivity index (χ0) is 22.6. The molecule has 0 saturated heterocycles. The van der Waals surface area contributed by atoms with Crippen molar-refractivity contribution in [1.29, 1.82) is 0 Å². The summed E-state index contributed by atoms with van der Waals surface area (Å²) in [5.74, 6) is 1.21. The molecule has 0 bridgehead atoms. The van der Waals surface area contributed by atoms with E-state index in [9.17, 15) is 4.79 Å². The minimum absolute atomic E-state index is 0.0154. The molecule has 0 aliphatic carbocycles. The Morgan fingerprint density at radius 3 is 2.44 bits per heavy atom. The molecule has 5 rings (SSSR count). The van der Waals surface area contributed by atoms with E-state index in [4.69, 9.17) is 31.3 Å². The molecular weight excluding hydrogens is 426 g/mol. The van der Waals surface area contributed by atoms with Gasteiger partial charge in [-0.1, -0.05) is 30.7 Å². The van der Waals surface area contributed by atoms with Crippen LogP contribution < -0.4 is 10.3 Å². The summed E-state index contributed by atoms with van der Waals surface area (Å²) in [5, 5.41) is 0.912. The van der Waals surface area contributed by atoms with Crippen molar-refractivity contribution in [2.75, 3.05) is 7.11 Å². The fraction of sp³-hybridized carbons (Fsp3) is 0.250. The molecule has 5 aromatic rings. The molecule has 0 fully saturated rings. The van der Waals surface area contributed by atoms with Crippen LogP contribution in [-0.2, 0) is 0 Å². The maximum Gasteiger partial charge on any atom is 0.265 e. The van der Waals surface area contributed by atoms with Crippen LogP contribution in [0.15, 0.2) is 47.3 Å². The number of nitrogens with zero attached hydrogens (tertiary/aromatic N) is 5. The van der Waals surface area contributed by atoms with Crippen molar-refractivity contribution < 1.29 is 4.74 Å². The lowest BCUT2D eigenvalue weighted by Gasteiger charge is -2.16. The minimum atomic E-state index is -0.116. The second kappa shape index (κ2) is 7.60. The Hall–Kier alpha value is -3.45. The van der Waals surface area contributed by atoms with Crippen molar-refractivity contribution in [2.45, 2.75) is 33.2 Å². The van der Waals surface area contributed by atoms with Gasteiger partial charge in [-0.3, -0.25) is 13.9 Å². The summed E-state index contributed by atoms with van der Waals surface area (Å²) in [4.78, 5) is 28.3. The summed E-state index contributed by atoms with van der Waals surface area (Å²) in [6, 6.07) is 13.1. The number of fused-ring (bicyclic) bond motifs is 4. The highest BCUT2D eigenvalue weighted by molar-refractivity contribution is 6.32. The van der Waals surface area contributed by atoms with Gasteiger partial charge in [0.2, 0.25) is 0 Å². The minimum Gasteiger partial charge on any atom is -0.495 e. The Morgan fingerprint density at radius 1 is 1.06 bits per heavy atom. The lowest BCUT2D eigenvalue weighted by atomic mass is 10.2. The highest BCUT2D eigenvalue weighted by atomic mass is 35.5. The predicted octanol–water partition coefficient (Wildman–Crippen LogP) is 5.23. The molecule has 0 aliphatic rings. The molecule has 3 heterocycles. The van der Waals surface area contributed by atoms with Gasteiger partial charge in [-0.2, -0.15) is 0 Å². The van der Waals surface area contributed by atoms with Gasteiger partial charge in [-0.15, -0.1) is 0 Å². The third-order valence-corrected chi connectivity index (χ3v) is 6.21. The van der Waals surface area contributed by atoms with Crippen LogP contribution in [0, 0.1) is 6.92 Å². The summed E-state index contributed by atoms with van der Waals surface area (Å²) in [6.07, 6.45) is 0.815. The van der Waals surface area contributed by atoms with Crippen molar-refractivity contribution in [2.24, 2.45) is 0 Å². The first-order valence-electron chi connectivity index (χ1n) is 10.5. The number of ether oxygens (including phenoxy) is 1. The standard InChI is InChI=1S/C24H22ClN5O2/c1-5-13(2)29-14(3)26-22-20(24(29)31)21-23(28-18-9-7-6-8-17(18)27-21)30(22)15-10-11-19(32-4)16(25)12-15/h6-13H,5H2,1-4H3/t13-/m1/s1. The molecule has 0 radical (unpaired) electrons. The Morgan fingerprint density at radius 2 is 1.78 bits per heavy atom. The fourth-order valence-corrected chi connectivity index (χ4v) is 4.40. The van der Waals surface area contributed by atoms with E-state index in [1.165, 1.54) is 0 Å². The Bertz CT molecular complexity index is 1570. The number of halogens is 1. The lowest BCUT2D eigenvalue weighted by molar-refractivity contribution is 0.415. The number of aromatic nitrogens is 5. The van der Waals surface area contributed by atoms with Crippen LogP contribution in [0.25, 0.3) is 38.9 Å². The fourth-order valence-electron chi connectivity index (χ4n) is 4.15. The molecule has 0 unspecified atom stereocenters. The smallest absolute Gasteiger partial charge is 0.265 e. The van der Waals surface area contributed by atoms with E-state index in [-0.39, 0.29) is 11.6 Å². The monoisotopic (exact) mass is 447 g/mol. The molecular formula is C24H22ClN5O2. The number of rotatable bonds is 4. The number of hydrogen-bond donors (Lipinski definition) is 0. The highest BCUT2D eigenvalue weighted by Gasteiger charge is 2.23. The van der Waals surface area contributed by atoms with Crippen molar-refractivity contribution >= 4 is 44.8 Å². The van der Waals surface area contributed by atoms with E-state index in [1.807, 2.05) is 48.7 Å². The van der Waals surface area contributed by atoms with Crippen LogP contribution in [0.2, 0.25) is 5.02 Å². The zero-order valence-electron chi connectivity index (χ0n) is 18.3. The van der Waals surface area contributed by atoms with E-state index in [2.05, 4.69) is 6.92 Å². The van der Waals surface area contributed by atoms with Crippen molar-refractivity contribution in [3.8, 4) is 11.4 Å². The van der Waals surface area contributed by atoms with Gasteiger partial charge >= 0.3 is 0 Å². The van der Waals surface area contributed by atoms with Crippen LogP contribution in [0.4, 0.5) is 0 Å². The summed E-state index contributed by atoms with van der Waals surface area (Å²) in [5.41, 5.74) is 3.68. The van der Waals surface area contributed by atoms with Gasteiger partial charge in [0.05, 0.1) is 28.9 Å². The van der Waals surface area contributed by atoms with Gasteiger partial charge in [0.15, 0.2) is 11.3 Å². The third-order valence-electron chi connectivity index (χ3n) is 5.91. The van der Waals surface area contributed by atoms with E-state index < -0.39 is 0 Å². The first-order valence-corrected chi connectivity index (χ1v) is 10.9. The van der Waals surface area contributed by atoms with Crippen LogP contribution in [-0.4, -0.2) is 31.2 Å². The molecule has 3 aromatic heterocycles. The largest absolute Gasteiger partial charge is 0.495 e. The van der Waals surface area contributed by atoms with Gasteiger partial charge in [-0.05, 0) is 50.6 Å². The Kier molecular flexibility index (Phi) is 4.86. The normalized spacial score (nSPS) is 12.7. The molecule has 2 aromatic carbocycles. The first kappa shape index (κ1) is 20.5. The number of aryl methyl sites for hydroxylation is 1. The third kappa shape index (κ3) is 2.96. The average Bonchev–Trinajstić information content (AvgIpc) is 3.10. The second-order valence-corrected chi connectivity index (χ2v) is 8.24. The zero-order valence-corrected chi connectivity index (χ0v) is 19.0. The predicted molar refractivity (Wildman–Crippen MR) is 127 cm³/mol. The van der Waals surface area contributed by atoms with Crippen LogP contribution in [0.1, 0.15) is 32.1 Å². The summed E-state index contributed by atoms with van der Waals surface area (Å²) >= 11 is 6.43. The topological polar surface area (TPSA) is 74.8 Å². The SMILES string of the molecule is CC[C@@H](C)n1c(C)nc2c(c1=O)c1nc3ccccc3nc1n2-c1ccc(OC)c(Cl)c1. The summed E-state index contributed by atoms with van der Waals surface area (Å²) < 4.78 is 8.90. The first-order chi connectivity index (χ1) is 15.4. The van der Waals surface area contributed by atoms with E-state index in [0.29, 0.717) is 38.8 Å². The molecule has 0 amide bonds. The molecule has 8 heteroatoms. The molecule has 162 valence electrons. The van der Waals surface area contributed by atoms with Gasteiger partial charge in [0, 0.05) is 6.04 Å². The van der Waals surface area contributed by atoms with Gasteiger partial charge < -0.3 is 4.74 Å². The quantitative estimate of drug-likeness (QED) is 0.377. The van der Waals surface area contributed by atoms with Crippen molar-refractivity contribution in [3.63, 3.8) is 0 Å². The number of methoxy groups -OCH3 is 1. The molecule has 0 aliphatic heterocycles. The molecule has 32 heavy (non-hydrogen) atoms. The molecule has 0 N–H and O–H groups in total. The van der Waals surface area contributed by atoms with Gasteiger partial charge in [-0.25, -0.2) is 15.0 Å². The maximum atomic E-state index is 13.7. The maximum absolute atomic E-state index is 13.7. The number of para-hydroxylation sites is 2. The number of benzene rings is 2. The van der Waals surface area contributed by atoms with E-state index in [1.54, 1.807) is 23.8 Å². The summed E-state index contributed by atoms with van der Waals surface area (Å²) in [6.45, 7) is 5.93.